The van der Waals surface area contributed by atoms with Gasteiger partial charge in [0.15, 0.2) is 0 Å². The van der Waals surface area contributed by atoms with Crippen LogP contribution in [0.1, 0.15) is 24.4 Å². The molecule has 0 unspecified atom stereocenters. The topological polar surface area (TPSA) is 58.3 Å². The number of aliphatic hydroxyl groups is 2. The van der Waals surface area contributed by atoms with Crippen LogP contribution in [0.15, 0.2) is 54.6 Å². The van der Waals surface area contributed by atoms with Gasteiger partial charge in [0, 0.05) is 7.05 Å². The molecular weight excluding hydrogens is 264 g/mol. The van der Waals surface area contributed by atoms with Crippen LogP contribution in [0.2, 0.25) is 0 Å². The molecule has 4 nitrogen and oxygen atoms in total. The minimum atomic E-state index is -1.48. The van der Waals surface area contributed by atoms with Crippen molar-refractivity contribution in [2.45, 2.75) is 18.6 Å². The van der Waals surface area contributed by atoms with E-state index in [0.29, 0.717) is 11.4 Å². The lowest BCUT2D eigenvalue weighted by Crippen LogP contribution is -2.33. The van der Waals surface area contributed by atoms with Crippen molar-refractivity contribution in [1.82, 2.24) is 9.55 Å². The van der Waals surface area contributed by atoms with Crippen molar-refractivity contribution in [3.05, 3.63) is 66.0 Å². The zero-order valence-electron chi connectivity index (χ0n) is 12.1. The number of rotatable bonds is 3. The number of aryl methyl sites for hydroxylation is 1. The summed E-state index contributed by atoms with van der Waals surface area (Å²) in [6.07, 6.45) is -1.05. The van der Waals surface area contributed by atoms with E-state index in [2.05, 4.69) is 4.98 Å². The van der Waals surface area contributed by atoms with Crippen molar-refractivity contribution in [2.75, 3.05) is 0 Å². The molecule has 0 saturated carbocycles. The molecule has 0 saturated heterocycles. The maximum atomic E-state index is 10.9. The maximum absolute atomic E-state index is 10.9. The van der Waals surface area contributed by atoms with Gasteiger partial charge in [0.1, 0.15) is 17.5 Å². The lowest BCUT2D eigenvalue weighted by molar-refractivity contribution is -0.0764. The number of benzene rings is 2. The molecule has 3 aromatic rings. The number of imidazole rings is 1. The van der Waals surface area contributed by atoms with Crippen LogP contribution in [0.4, 0.5) is 0 Å². The van der Waals surface area contributed by atoms with Crippen LogP contribution in [0.5, 0.6) is 0 Å². The smallest absolute Gasteiger partial charge is 0.149 e. The zero-order valence-corrected chi connectivity index (χ0v) is 12.1. The average Bonchev–Trinajstić information content (AvgIpc) is 2.86. The molecule has 0 amide bonds. The highest BCUT2D eigenvalue weighted by atomic mass is 16.3. The summed E-state index contributed by atoms with van der Waals surface area (Å²) < 4.78 is 1.82. The Labute approximate surface area is 123 Å². The molecule has 4 heteroatoms. The van der Waals surface area contributed by atoms with Crippen LogP contribution in [-0.2, 0) is 12.6 Å². The van der Waals surface area contributed by atoms with Gasteiger partial charge in [0.2, 0.25) is 0 Å². The fourth-order valence-electron chi connectivity index (χ4n) is 2.68. The highest BCUT2D eigenvalue weighted by molar-refractivity contribution is 5.76. The normalized spacial score (nSPS) is 15.8. The third kappa shape index (κ3) is 2.22. The predicted octanol–water partition coefficient (Wildman–Crippen LogP) is 2.51. The van der Waals surface area contributed by atoms with E-state index < -0.39 is 11.7 Å². The van der Waals surface area contributed by atoms with Crippen molar-refractivity contribution >= 4 is 11.0 Å². The molecule has 108 valence electrons. The highest BCUT2D eigenvalue weighted by Gasteiger charge is 2.37. The quantitative estimate of drug-likeness (QED) is 0.776. The molecule has 0 radical (unpaired) electrons. The molecule has 0 aliphatic rings. The first-order valence-corrected chi connectivity index (χ1v) is 6.89. The van der Waals surface area contributed by atoms with Gasteiger partial charge in [-0.1, -0.05) is 42.5 Å². The first kappa shape index (κ1) is 13.8. The Morgan fingerprint density at radius 1 is 1.05 bits per heavy atom. The summed E-state index contributed by atoms with van der Waals surface area (Å²) in [6, 6.07) is 16.8. The van der Waals surface area contributed by atoms with Crippen molar-refractivity contribution in [2.24, 2.45) is 7.05 Å². The van der Waals surface area contributed by atoms with Gasteiger partial charge in [-0.25, -0.2) is 4.98 Å². The van der Waals surface area contributed by atoms with E-state index >= 15 is 0 Å². The van der Waals surface area contributed by atoms with Crippen LogP contribution < -0.4 is 0 Å². The van der Waals surface area contributed by atoms with E-state index in [1.807, 2.05) is 54.1 Å². The van der Waals surface area contributed by atoms with Gasteiger partial charge in [-0.15, -0.1) is 0 Å². The van der Waals surface area contributed by atoms with Crippen molar-refractivity contribution < 1.29 is 10.2 Å². The monoisotopic (exact) mass is 282 g/mol. The van der Waals surface area contributed by atoms with E-state index in [1.165, 1.54) is 0 Å². The van der Waals surface area contributed by atoms with Gasteiger partial charge in [-0.3, -0.25) is 0 Å². The standard InChI is InChI=1S/C17H18N2O2/c1-17(21,15(20)12-8-4-3-5-9-12)16-18-13-10-6-7-11-14(13)19(16)2/h3-11,15,20-21H,1-2H3/t15-,17-/m1/s1. The molecule has 2 aromatic carbocycles. The van der Waals surface area contributed by atoms with Crippen molar-refractivity contribution in [3.8, 4) is 0 Å². The molecule has 1 aromatic heterocycles. The first-order chi connectivity index (χ1) is 10.0. The van der Waals surface area contributed by atoms with Crippen LogP contribution in [-0.4, -0.2) is 19.8 Å². The van der Waals surface area contributed by atoms with Crippen LogP contribution in [0.25, 0.3) is 11.0 Å². The molecule has 21 heavy (non-hydrogen) atoms. The Bertz CT molecular complexity index is 763. The summed E-state index contributed by atoms with van der Waals surface area (Å²) in [7, 11) is 1.84. The molecule has 0 bridgehead atoms. The lowest BCUT2D eigenvalue weighted by Gasteiger charge is -2.28. The predicted molar refractivity (Wildman–Crippen MR) is 81.7 cm³/mol. The lowest BCUT2D eigenvalue weighted by atomic mass is 9.92. The number of hydrogen-bond donors (Lipinski definition) is 2. The molecular formula is C17H18N2O2. The van der Waals surface area contributed by atoms with E-state index in [-0.39, 0.29) is 0 Å². The van der Waals surface area contributed by atoms with Crippen molar-refractivity contribution in [1.29, 1.82) is 0 Å². The molecule has 2 N–H and O–H groups in total. The number of aromatic nitrogens is 2. The largest absolute Gasteiger partial charge is 0.385 e. The number of nitrogens with zero attached hydrogens (tertiary/aromatic N) is 2. The van der Waals surface area contributed by atoms with Gasteiger partial charge in [0.25, 0.3) is 0 Å². The van der Waals surface area contributed by atoms with E-state index in [9.17, 15) is 10.2 Å². The highest BCUT2D eigenvalue weighted by Crippen LogP contribution is 2.35. The van der Waals surface area contributed by atoms with Crippen LogP contribution >= 0.6 is 0 Å². The summed E-state index contributed by atoms with van der Waals surface area (Å²) in [6.45, 7) is 1.59. The second kappa shape index (κ2) is 4.98. The molecule has 3 rings (SSSR count). The van der Waals surface area contributed by atoms with E-state index in [1.54, 1.807) is 19.1 Å². The molecule has 0 aliphatic heterocycles. The molecule has 0 aliphatic carbocycles. The molecule has 2 atom stereocenters. The summed E-state index contributed by atoms with van der Waals surface area (Å²) >= 11 is 0. The van der Waals surface area contributed by atoms with Gasteiger partial charge in [0.05, 0.1) is 11.0 Å². The number of aliphatic hydroxyl groups excluding tert-OH is 1. The Kier molecular flexibility index (Phi) is 3.27. The number of fused-ring (bicyclic) bond motifs is 1. The van der Waals surface area contributed by atoms with Crippen LogP contribution in [0.3, 0.4) is 0 Å². The second-order valence-corrected chi connectivity index (χ2v) is 5.44. The first-order valence-electron chi connectivity index (χ1n) is 6.89. The maximum Gasteiger partial charge on any atom is 0.149 e. The fraction of sp³-hybridized carbons (Fsp3) is 0.235. The molecule has 0 fully saturated rings. The molecule has 1 heterocycles. The number of para-hydroxylation sites is 2. The summed E-state index contributed by atoms with van der Waals surface area (Å²) in [5, 5.41) is 21.4. The fourth-order valence-corrected chi connectivity index (χ4v) is 2.68. The minimum absolute atomic E-state index is 0.444. The Hall–Kier alpha value is -2.17. The summed E-state index contributed by atoms with van der Waals surface area (Å²) in [5.74, 6) is 0.444. The SMILES string of the molecule is Cn1c([C@](C)(O)[C@H](O)c2ccccc2)nc2ccccc21. The third-order valence-electron chi connectivity index (χ3n) is 3.89. The number of hydrogen-bond acceptors (Lipinski definition) is 3. The van der Waals surface area contributed by atoms with E-state index in [4.69, 9.17) is 0 Å². The second-order valence-electron chi connectivity index (χ2n) is 5.44. The van der Waals surface area contributed by atoms with Gasteiger partial charge >= 0.3 is 0 Å². The van der Waals surface area contributed by atoms with Crippen molar-refractivity contribution in [3.63, 3.8) is 0 Å². The third-order valence-corrected chi connectivity index (χ3v) is 3.89. The Morgan fingerprint density at radius 3 is 2.33 bits per heavy atom. The Morgan fingerprint density at radius 2 is 1.67 bits per heavy atom. The van der Waals surface area contributed by atoms with E-state index in [0.717, 1.165) is 11.0 Å². The minimum Gasteiger partial charge on any atom is -0.385 e. The summed E-state index contributed by atoms with van der Waals surface area (Å²) in [4.78, 5) is 4.48. The van der Waals surface area contributed by atoms with Gasteiger partial charge < -0.3 is 14.8 Å². The summed E-state index contributed by atoms with van der Waals surface area (Å²) in [5.41, 5.74) is 0.910. The molecule has 0 spiro atoms. The average molecular weight is 282 g/mol. The zero-order chi connectivity index (χ0) is 15.0. The van der Waals surface area contributed by atoms with Gasteiger partial charge in [-0.2, -0.15) is 0 Å². The Balaban J connectivity index is 2.09. The van der Waals surface area contributed by atoms with Crippen LogP contribution in [0, 0.1) is 0 Å². The van der Waals surface area contributed by atoms with Gasteiger partial charge in [-0.05, 0) is 24.6 Å².